The lowest BCUT2D eigenvalue weighted by molar-refractivity contribution is -0.132. The Hall–Kier alpha value is -0.710. The summed E-state index contributed by atoms with van der Waals surface area (Å²) < 4.78 is 0. The van der Waals surface area contributed by atoms with E-state index in [1.54, 1.807) is 11.8 Å². The van der Waals surface area contributed by atoms with Crippen LogP contribution < -0.4 is 5.32 Å². The summed E-state index contributed by atoms with van der Waals surface area (Å²) in [6.07, 6.45) is 1.13. The minimum Gasteiger partial charge on any atom is -0.353 e. The SMILES string of the molecule is CCN(CC)C(=O)C(C)NC1=NC(C(C)C)CCS1. The van der Waals surface area contributed by atoms with Gasteiger partial charge >= 0.3 is 0 Å². The number of carbonyl (C=O) groups is 1. The summed E-state index contributed by atoms with van der Waals surface area (Å²) in [5.41, 5.74) is 0. The first-order valence-electron chi connectivity index (χ1n) is 7.25. The number of likely N-dealkylation sites (N-methyl/N-ethyl adjacent to an activating group) is 1. The molecule has 1 heterocycles. The number of rotatable bonds is 5. The second-order valence-electron chi connectivity index (χ2n) is 5.26. The molecule has 110 valence electrons. The van der Waals surface area contributed by atoms with Crippen molar-refractivity contribution in [3.8, 4) is 0 Å². The molecule has 0 aromatic rings. The molecule has 0 bridgehead atoms. The maximum atomic E-state index is 12.2. The number of aliphatic imine (C=N–C) groups is 1. The second-order valence-corrected chi connectivity index (χ2v) is 6.34. The quantitative estimate of drug-likeness (QED) is 0.843. The van der Waals surface area contributed by atoms with Crippen LogP contribution in [-0.4, -0.2) is 46.9 Å². The highest BCUT2D eigenvalue weighted by atomic mass is 32.2. The Bertz CT molecular complexity index is 327. The topological polar surface area (TPSA) is 44.7 Å². The first-order valence-corrected chi connectivity index (χ1v) is 8.24. The molecule has 0 spiro atoms. The van der Waals surface area contributed by atoms with E-state index in [1.807, 2.05) is 25.7 Å². The van der Waals surface area contributed by atoms with Gasteiger partial charge < -0.3 is 10.2 Å². The molecule has 0 aromatic carbocycles. The number of hydrogen-bond acceptors (Lipinski definition) is 4. The highest BCUT2D eigenvalue weighted by Gasteiger charge is 2.23. The molecule has 19 heavy (non-hydrogen) atoms. The fourth-order valence-electron chi connectivity index (χ4n) is 2.15. The van der Waals surface area contributed by atoms with Crippen molar-refractivity contribution >= 4 is 22.8 Å². The van der Waals surface area contributed by atoms with Crippen LogP contribution in [0.15, 0.2) is 4.99 Å². The number of carbonyl (C=O) groups excluding carboxylic acids is 1. The van der Waals surface area contributed by atoms with Crippen molar-refractivity contribution in [3.05, 3.63) is 0 Å². The van der Waals surface area contributed by atoms with Gasteiger partial charge in [-0.3, -0.25) is 9.79 Å². The summed E-state index contributed by atoms with van der Waals surface area (Å²) in [5.74, 6) is 1.80. The van der Waals surface area contributed by atoms with Gasteiger partial charge in [0.05, 0.1) is 6.04 Å². The summed E-state index contributed by atoms with van der Waals surface area (Å²) in [4.78, 5) is 18.8. The molecule has 1 rings (SSSR count). The van der Waals surface area contributed by atoms with Crippen LogP contribution in [0.3, 0.4) is 0 Å². The molecule has 1 aliphatic heterocycles. The smallest absolute Gasteiger partial charge is 0.244 e. The van der Waals surface area contributed by atoms with Crippen LogP contribution in [0, 0.1) is 5.92 Å². The van der Waals surface area contributed by atoms with Crippen molar-refractivity contribution in [2.75, 3.05) is 18.8 Å². The maximum Gasteiger partial charge on any atom is 0.244 e. The molecule has 1 aliphatic rings. The molecule has 0 saturated carbocycles. The summed E-state index contributed by atoms with van der Waals surface area (Å²) in [6, 6.07) is 0.191. The highest BCUT2D eigenvalue weighted by Crippen LogP contribution is 2.21. The van der Waals surface area contributed by atoms with Gasteiger partial charge in [-0.1, -0.05) is 25.6 Å². The molecule has 0 fully saturated rings. The third-order valence-electron chi connectivity index (χ3n) is 3.49. The fourth-order valence-corrected chi connectivity index (χ4v) is 3.17. The van der Waals surface area contributed by atoms with Crippen molar-refractivity contribution in [3.63, 3.8) is 0 Å². The molecule has 2 unspecified atom stereocenters. The third kappa shape index (κ3) is 4.71. The number of nitrogens with zero attached hydrogens (tertiary/aromatic N) is 2. The molecule has 0 radical (unpaired) electrons. The van der Waals surface area contributed by atoms with Crippen molar-refractivity contribution in [2.24, 2.45) is 10.9 Å². The molecule has 5 heteroatoms. The van der Waals surface area contributed by atoms with E-state index in [0.717, 1.165) is 30.4 Å². The summed E-state index contributed by atoms with van der Waals surface area (Å²) >= 11 is 1.73. The van der Waals surface area contributed by atoms with Gasteiger partial charge in [-0.15, -0.1) is 0 Å². The van der Waals surface area contributed by atoms with E-state index >= 15 is 0 Å². The van der Waals surface area contributed by atoms with E-state index < -0.39 is 0 Å². The summed E-state index contributed by atoms with van der Waals surface area (Å²) in [6.45, 7) is 11.9. The first kappa shape index (κ1) is 16.3. The van der Waals surface area contributed by atoms with E-state index in [1.165, 1.54) is 0 Å². The van der Waals surface area contributed by atoms with Gasteiger partial charge in [0.15, 0.2) is 5.17 Å². The maximum absolute atomic E-state index is 12.2. The van der Waals surface area contributed by atoms with Gasteiger partial charge in [-0.05, 0) is 33.1 Å². The third-order valence-corrected chi connectivity index (χ3v) is 4.43. The number of amidine groups is 1. The molecule has 0 saturated heterocycles. The van der Waals surface area contributed by atoms with Crippen molar-refractivity contribution < 1.29 is 4.79 Å². The largest absolute Gasteiger partial charge is 0.353 e. The zero-order valence-electron chi connectivity index (χ0n) is 12.8. The van der Waals surface area contributed by atoms with E-state index in [2.05, 4.69) is 19.2 Å². The molecule has 4 nitrogen and oxygen atoms in total. The highest BCUT2D eigenvalue weighted by molar-refractivity contribution is 8.13. The lowest BCUT2D eigenvalue weighted by atomic mass is 10.0. The van der Waals surface area contributed by atoms with Crippen molar-refractivity contribution in [2.45, 2.75) is 53.1 Å². The molecule has 0 aliphatic carbocycles. The molecular formula is C14H27N3OS. The predicted octanol–water partition coefficient (Wildman–Crippen LogP) is 2.35. The fraction of sp³-hybridized carbons (Fsp3) is 0.857. The van der Waals surface area contributed by atoms with Gasteiger partial charge in [0.2, 0.25) is 5.91 Å². The Morgan fingerprint density at radius 1 is 1.42 bits per heavy atom. The number of thioether (sulfide) groups is 1. The van der Waals surface area contributed by atoms with E-state index in [9.17, 15) is 4.79 Å². The van der Waals surface area contributed by atoms with Gasteiger partial charge in [-0.25, -0.2) is 0 Å². The number of nitrogens with one attached hydrogen (secondary N) is 1. The zero-order valence-corrected chi connectivity index (χ0v) is 13.6. The van der Waals surface area contributed by atoms with E-state index in [-0.39, 0.29) is 11.9 Å². The average Bonchev–Trinajstić information content (AvgIpc) is 2.40. The monoisotopic (exact) mass is 285 g/mol. The molecule has 2 atom stereocenters. The molecular weight excluding hydrogens is 258 g/mol. The Morgan fingerprint density at radius 2 is 2.05 bits per heavy atom. The Balaban J connectivity index is 2.60. The minimum absolute atomic E-state index is 0.153. The first-order chi connectivity index (χ1) is 8.99. The number of amides is 1. The molecule has 1 N–H and O–H groups in total. The van der Waals surface area contributed by atoms with Crippen LogP contribution in [0.25, 0.3) is 0 Å². The van der Waals surface area contributed by atoms with E-state index in [4.69, 9.17) is 4.99 Å². The minimum atomic E-state index is -0.197. The zero-order chi connectivity index (χ0) is 14.4. The average molecular weight is 285 g/mol. The van der Waals surface area contributed by atoms with Crippen LogP contribution in [0.1, 0.15) is 41.0 Å². The Morgan fingerprint density at radius 3 is 2.58 bits per heavy atom. The normalized spacial score (nSPS) is 20.9. The van der Waals surface area contributed by atoms with E-state index in [0.29, 0.717) is 12.0 Å². The Kier molecular flexibility index (Phi) is 6.69. The van der Waals surface area contributed by atoms with Crippen molar-refractivity contribution in [1.29, 1.82) is 0 Å². The van der Waals surface area contributed by atoms with Crippen LogP contribution in [0.5, 0.6) is 0 Å². The van der Waals surface area contributed by atoms with Crippen LogP contribution >= 0.6 is 11.8 Å². The number of hydrogen-bond donors (Lipinski definition) is 1. The van der Waals surface area contributed by atoms with Crippen molar-refractivity contribution in [1.82, 2.24) is 10.2 Å². The lowest BCUT2D eigenvalue weighted by Crippen LogP contribution is -2.47. The second kappa shape index (κ2) is 7.78. The Labute approximate surface area is 121 Å². The van der Waals surface area contributed by atoms with Crippen LogP contribution in [0.4, 0.5) is 0 Å². The van der Waals surface area contributed by atoms with Gasteiger partial charge in [-0.2, -0.15) is 0 Å². The predicted molar refractivity (Wildman–Crippen MR) is 83.7 cm³/mol. The van der Waals surface area contributed by atoms with Crippen LogP contribution in [-0.2, 0) is 4.79 Å². The summed E-state index contributed by atoms with van der Waals surface area (Å²) in [5, 5.41) is 4.20. The lowest BCUT2D eigenvalue weighted by Gasteiger charge is -2.27. The summed E-state index contributed by atoms with van der Waals surface area (Å²) in [7, 11) is 0. The van der Waals surface area contributed by atoms with Gasteiger partial charge in [0, 0.05) is 18.8 Å². The standard InChI is InChI=1S/C14H27N3OS/c1-6-17(7-2)13(18)11(5)15-14-16-12(10(3)4)8-9-19-14/h10-12H,6-9H2,1-5H3,(H,15,16). The molecule has 1 amide bonds. The van der Waals surface area contributed by atoms with Gasteiger partial charge in [0.25, 0.3) is 0 Å². The molecule has 0 aromatic heterocycles. The van der Waals surface area contributed by atoms with Gasteiger partial charge in [0.1, 0.15) is 6.04 Å². The van der Waals surface area contributed by atoms with Crippen LogP contribution in [0.2, 0.25) is 0 Å².